The van der Waals surface area contributed by atoms with Gasteiger partial charge in [-0.2, -0.15) is 0 Å². The van der Waals surface area contributed by atoms with E-state index in [9.17, 15) is 4.91 Å². The molecule has 0 aliphatic carbocycles. The second-order valence-corrected chi connectivity index (χ2v) is 6.15. The van der Waals surface area contributed by atoms with E-state index in [4.69, 9.17) is 4.84 Å². The Morgan fingerprint density at radius 2 is 1.69 bits per heavy atom. The largest absolute Gasteiger partial charge is 0.384 e. The molecule has 0 atom stereocenters. The molecule has 3 aromatic carbocycles. The Morgan fingerprint density at radius 1 is 0.962 bits per heavy atom. The number of rotatable bonds is 6. The van der Waals surface area contributed by atoms with E-state index in [1.54, 1.807) is 6.07 Å². The Morgan fingerprint density at radius 3 is 2.50 bits per heavy atom. The highest BCUT2D eigenvalue weighted by Gasteiger charge is 2.19. The summed E-state index contributed by atoms with van der Waals surface area (Å²) in [5.41, 5.74) is 3.96. The van der Waals surface area contributed by atoms with Crippen LogP contribution in [0, 0.1) is 4.91 Å². The lowest BCUT2D eigenvalue weighted by molar-refractivity contribution is -0.735. The van der Waals surface area contributed by atoms with Crippen molar-refractivity contribution >= 4 is 33.1 Å². The molecule has 0 bridgehead atoms. The van der Waals surface area contributed by atoms with Crippen LogP contribution in [0.3, 0.4) is 0 Å². The van der Waals surface area contributed by atoms with E-state index in [0.717, 1.165) is 34.9 Å². The van der Waals surface area contributed by atoms with E-state index in [-0.39, 0.29) is 0 Å². The maximum absolute atomic E-state index is 11.9. The Balaban J connectivity index is 1.57. The summed E-state index contributed by atoms with van der Waals surface area (Å²) in [4.78, 5) is 20.6. The summed E-state index contributed by atoms with van der Waals surface area (Å²) in [6, 6.07) is 19.9. The van der Waals surface area contributed by atoms with Gasteiger partial charge in [0.2, 0.25) is 0 Å². The van der Waals surface area contributed by atoms with E-state index in [1.165, 1.54) is 18.1 Å². The zero-order valence-electron chi connectivity index (χ0n) is 14.5. The van der Waals surface area contributed by atoms with Gasteiger partial charge in [-0.15, -0.1) is 0 Å². The van der Waals surface area contributed by atoms with Crippen LogP contribution in [0.2, 0.25) is 0 Å². The first-order chi connectivity index (χ1) is 12.8. The highest BCUT2D eigenvalue weighted by molar-refractivity contribution is 5.99. The normalized spacial score (nSPS) is 11.0. The van der Waals surface area contributed by atoms with Gasteiger partial charge in [0.1, 0.15) is 0 Å². The molecule has 0 aliphatic rings. The van der Waals surface area contributed by atoms with Crippen LogP contribution in [-0.4, -0.2) is 23.6 Å². The van der Waals surface area contributed by atoms with Crippen molar-refractivity contribution in [3.05, 3.63) is 77.3 Å². The number of nitrogens with zero attached hydrogens (tertiary/aromatic N) is 1. The highest BCUT2D eigenvalue weighted by atomic mass is 16.8. The van der Waals surface area contributed by atoms with Crippen LogP contribution in [-0.2, 0) is 11.3 Å². The van der Waals surface area contributed by atoms with Crippen molar-refractivity contribution in [2.45, 2.75) is 6.42 Å². The fourth-order valence-corrected chi connectivity index (χ4v) is 3.37. The molecule has 0 saturated carbocycles. The first kappa shape index (κ1) is 16.1. The molecule has 4 rings (SSSR count). The zero-order valence-corrected chi connectivity index (χ0v) is 14.5. The fourth-order valence-electron chi connectivity index (χ4n) is 3.37. The average molecular weight is 346 g/mol. The minimum absolute atomic E-state index is 0.505. The maximum atomic E-state index is 11.9. The molecule has 2 N–H and O–H groups in total. The Hall–Kier alpha value is -3.34. The van der Waals surface area contributed by atoms with E-state index < -0.39 is 0 Å². The number of anilines is 1. The third-order valence-electron chi connectivity index (χ3n) is 4.65. The molecule has 0 radical (unpaired) electrons. The molecule has 0 amide bonds. The molecule has 0 spiro atoms. The monoisotopic (exact) mass is 346 g/mol. The van der Waals surface area contributed by atoms with Crippen molar-refractivity contribution in [2.75, 3.05) is 19.0 Å². The summed E-state index contributed by atoms with van der Waals surface area (Å²) in [5.74, 6) is 0. The molecule has 0 aliphatic heterocycles. The molecule has 5 nitrogen and oxygen atoms in total. The minimum Gasteiger partial charge on any atom is -0.384 e. The lowest BCUT2D eigenvalue weighted by Crippen LogP contribution is -2.06. The molecule has 130 valence electrons. The summed E-state index contributed by atoms with van der Waals surface area (Å²) in [7, 11) is 1.37. The second-order valence-electron chi connectivity index (χ2n) is 6.15. The van der Waals surface area contributed by atoms with Gasteiger partial charge < -0.3 is 10.3 Å². The minimum atomic E-state index is 0.505. The van der Waals surface area contributed by atoms with E-state index in [0.29, 0.717) is 10.6 Å². The van der Waals surface area contributed by atoms with Crippen LogP contribution in [0.4, 0.5) is 11.4 Å². The molecule has 1 aromatic heterocycles. The van der Waals surface area contributed by atoms with Crippen molar-refractivity contribution < 1.29 is 9.76 Å². The van der Waals surface area contributed by atoms with Gasteiger partial charge in [0.15, 0.2) is 7.11 Å². The van der Waals surface area contributed by atoms with Crippen LogP contribution in [0.5, 0.6) is 0 Å². The number of para-hydroxylation sites is 1. The van der Waals surface area contributed by atoms with E-state index in [1.807, 2.05) is 36.4 Å². The number of H-pyrrole nitrogens is 1. The zero-order chi connectivity index (χ0) is 17.9. The second kappa shape index (κ2) is 6.88. The third-order valence-corrected chi connectivity index (χ3v) is 4.65. The number of hydrogen-bond donors (Lipinski definition) is 2. The maximum Gasteiger partial charge on any atom is 0.324 e. The molecular formula is C21H20N3O2+. The number of fused-ring (bicyclic) bond motifs is 2. The van der Waals surface area contributed by atoms with Gasteiger partial charge in [0.05, 0.1) is 10.3 Å². The smallest absolute Gasteiger partial charge is 0.324 e. The van der Waals surface area contributed by atoms with Crippen LogP contribution >= 0.6 is 0 Å². The van der Waals surface area contributed by atoms with Crippen molar-refractivity contribution in [1.29, 1.82) is 0 Å². The highest BCUT2D eigenvalue weighted by Crippen LogP contribution is 2.31. The third kappa shape index (κ3) is 2.88. The predicted octanol–water partition coefficient (Wildman–Crippen LogP) is 4.95. The van der Waals surface area contributed by atoms with Crippen LogP contribution in [0.15, 0.2) is 66.9 Å². The molecule has 0 unspecified atom stereocenters. The summed E-state index contributed by atoms with van der Waals surface area (Å²) < 4.78 is 0. The lowest BCUT2D eigenvalue weighted by atomic mass is 10.1. The van der Waals surface area contributed by atoms with Crippen LogP contribution < -0.4 is 5.32 Å². The van der Waals surface area contributed by atoms with Gasteiger partial charge in [0.25, 0.3) is 4.92 Å². The van der Waals surface area contributed by atoms with E-state index in [2.05, 4.69) is 34.7 Å². The predicted molar refractivity (Wildman–Crippen MR) is 105 cm³/mol. The Labute approximate surface area is 151 Å². The first-order valence-corrected chi connectivity index (χ1v) is 8.60. The fraction of sp³-hybridized carbons (Fsp3) is 0.143. The summed E-state index contributed by atoms with van der Waals surface area (Å²) in [6.07, 6.45) is 2.98. The van der Waals surface area contributed by atoms with E-state index >= 15 is 0 Å². The van der Waals surface area contributed by atoms with Gasteiger partial charge in [0, 0.05) is 40.8 Å². The van der Waals surface area contributed by atoms with Gasteiger partial charge in [-0.3, -0.25) is 0 Å². The molecule has 0 fully saturated rings. The van der Waals surface area contributed by atoms with Gasteiger partial charge >= 0.3 is 5.69 Å². The number of aromatic nitrogens is 1. The van der Waals surface area contributed by atoms with Gasteiger partial charge in [-0.1, -0.05) is 36.4 Å². The number of nitrogens with one attached hydrogen (secondary N) is 2. The average Bonchev–Trinajstić information content (AvgIpc) is 3.11. The quantitative estimate of drug-likeness (QED) is 0.486. The number of hydrogen-bond acceptors (Lipinski definition) is 3. The Bertz CT molecular complexity index is 1080. The first-order valence-electron chi connectivity index (χ1n) is 8.60. The number of aromatic amines is 1. The van der Waals surface area contributed by atoms with Crippen LogP contribution in [0.1, 0.15) is 5.56 Å². The van der Waals surface area contributed by atoms with Gasteiger partial charge in [-0.05, 0) is 30.2 Å². The van der Waals surface area contributed by atoms with Gasteiger partial charge in [-0.25, -0.2) is 4.84 Å². The molecule has 5 heteroatoms. The van der Waals surface area contributed by atoms with Crippen molar-refractivity contribution in [3.63, 3.8) is 0 Å². The molecular weight excluding hydrogens is 326 g/mol. The van der Waals surface area contributed by atoms with Crippen molar-refractivity contribution in [2.24, 2.45) is 0 Å². The molecule has 0 saturated heterocycles. The van der Waals surface area contributed by atoms with Crippen LogP contribution in [0.25, 0.3) is 21.7 Å². The number of benzene rings is 3. The Kier molecular flexibility index (Phi) is 4.27. The topological polar surface area (TPSA) is 57.1 Å². The molecule has 26 heavy (non-hydrogen) atoms. The lowest BCUT2D eigenvalue weighted by Gasteiger charge is -2.09. The van der Waals surface area contributed by atoms with Crippen molar-refractivity contribution in [1.82, 2.24) is 4.98 Å². The van der Waals surface area contributed by atoms with Crippen molar-refractivity contribution in [3.8, 4) is 0 Å². The molecule has 4 aromatic rings. The molecule has 1 heterocycles. The summed E-state index contributed by atoms with van der Waals surface area (Å²) in [5, 5.41) is 6.62. The SMILES string of the molecule is CO[N+](=O)c1ccc(NCCc2c[nH]c3ccccc23)c2ccccc12. The standard InChI is InChI=1S/C21H20N3O2/c1-26-24(25)21-11-10-20(17-7-2-3-8-18(17)21)22-13-12-15-14-23-19-9-5-4-6-16(15)19/h2-11,14,22-23H,12-13H2,1H3/q+1. The summed E-state index contributed by atoms with van der Waals surface area (Å²) in [6.45, 7) is 0.802. The summed E-state index contributed by atoms with van der Waals surface area (Å²) >= 11 is 0.